The molecule has 7 heteroatoms. The first kappa shape index (κ1) is 16.1. The topological polar surface area (TPSA) is 61.4 Å². The van der Waals surface area contributed by atoms with Crippen LogP contribution in [-0.2, 0) is 10.2 Å². The molecular formula is C9H22ClN3O2S. The standard InChI is InChI=1S/C9H21N3O2S.ClH/c1-8(2)11-15(13,14)12-6-4-9(10-3)5-7-12;/h8-11H,4-7H2,1-3H3;1H. The molecule has 0 atom stereocenters. The van der Waals surface area contributed by atoms with E-state index < -0.39 is 10.2 Å². The zero-order valence-electron chi connectivity index (χ0n) is 10.1. The van der Waals surface area contributed by atoms with Gasteiger partial charge in [-0.1, -0.05) is 0 Å². The first-order valence-corrected chi connectivity index (χ1v) is 6.84. The lowest BCUT2D eigenvalue weighted by Crippen LogP contribution is -2.49. The Bertz CT molecular complexity index is 287. The molecule has 2 N–H and O–H groups in total. The molecule has 1 heterocycles. The van der Waals surface area contributed by atoms with Crippen molar-refractivity contribution in [1.29, 1.82) is 0 Å². The molecule has 1 aliphatic rings. The van der Waals surface area contributed by atoms with Gasteiger partial charge in [-0.15, -0.1) is 12.4 Å². The highest BCUT2D eigenvalue weighted by Crippen LogP contribution is 2.12. The van der Waals surface area contributed by atoms with Gasteiger partial charge in [-0.05, 0) is 33.7 Å². The summed E-state index contributed by atoms with van der Waals surface area (Å²) in [6.45, 7) is 4.87. The fraction of sp³-hybridized carbons (Fsp3) is 1.00. The van der Waals surface area contributed by atoms with Crippen LogP contribution in [-0.4, -0.2) is 44.9 Å². The molecule has 0 aromatic carbocycles. The summed E-state index contributed by atoms with van der Waals surface area (Å²) < 4.78 is 27.7. The van der Waals surface area contributed by atoms with E-state index in [2.05, 4.69) is 10.0 Å². The summed E-state index contributed by atoms with van der Waals surface area (Å²) in [5, 5.41) is 3.17. The van der Waals surface area contributed by atoms with Crippen LogP contribution in [0.25, 0.3) is 0 Å². The quantitative estimate of drug-likeness (QED) is 0.775. The van der Waals surface area contributed by atoms with E-state index in [1.807, 2.05) is 20.9 Å². The second-order valence-corrected chi connectivity index (χ2v) is 5.94. The molecule has 0 aromatic heterocycles. The highest BCUT2D eigenvalue weighted by atomic mass is 35.5. The van der Waals surface area contributed by atoms with Gasteiger partial charge in [0.1, 0.15) is 0 Å². The van der Waals surface area contributed by atoms with Gasteiger partial charge in [-0.2, -0.15) is 17.4 Å². The summed E-state index contributed by atoms with van der Waals surface area (Å²) in [6.07, 6.45) is 1.77. The van der Waals surface area contributed by atoms with Gasteiger partial charge in [0.05, 0.1) is 0 Å². The maximum Gasteiger partial charge on any atom is 0.279 e. The van der Waals surface area contributed by atoms with E-state index in [1.54, 1.807) is 0 Å². The van der Waals surface area contributed by atoms with Crippen molar-refractivity contribution < 1.29 is 8.42 Å². The molecule has 1 saturated heterocycles. The summed E-state index contributed by atoms with van der Waals surface area (Å²) in [5.74, 6) is 0. The first-order valence-electron chi connectivity index (χ1n) is 5.40. The largest absolute Gasteiger partial charge is 0.317 e. The van der Waals surface area contributed by atoms with E-state index in [0.717, 1.165) is 12.8 Å². The lowest BCUT2D eigenvalue weighted by atomic mass is 10.1. The van der Waals surface area contributed by atoms with E-state index >= 15 is 0 Å². The van der Waals surface area contributed by atoms with Gasteiger partial charge in [0.25, 0.3) is 10.2 Å². The van der Waals surface area contributed by atoms with E-state index in [1.165, 1.54) is 4.31 Å². The lowest BCUT2D eigenvalue weighted by Gasteiger charge is -2.31. The van der Waals surface area contributed by atoms with Crippen molar-refractivity contribution in [3.63, 3.8) is 0 Å². The molecule has 1 rings (SSSR count). The van der Waals surface area contributed by atoms with Gasteiger partial charge in [0.2, 0.25) is 0 Å². The molecule has 1 aliphatic heterocycles. The first-order chi connectivity index (χ1) is 6.95. The number of piperidine rings is 1. The molecule has 16 heavy (non-hydrogen) atoms. The van der Waals surface area contributed by atoms with Crippen molar-refractivity contribution in [2.75, 3.05) is 20.1 Å². The average Bonchev–Trinajstić information content (AvgIpc) is 2.16. The van der Waals surface area contributed by atoms with Gasteiger partial charge in [-0.3, -0.25) is 0 Å². The molecule has 0 aliphatic carbocycles. The minimum absolute atomic E-state index is 0. The Morgan fingerprint density at radius 2 is 1.75 bits per heavy atom. The second kappa shape index (κ2) is 6.76. The van der Waals surface area contributed by atoms with Crippen molar-refractivity contribution in [3.8, 4) is 0 Å². The van der Waals surface area contributed by atoms with Gasteiger partial charge >= 0.3 is 0 Å². The van der Waals surface area contributed by atoms with Crippen LogP contribution in [0.15, 0.2) is 0 Å². The lowest BCUT2D eigenvalue weighted by molar-refractivity contribution is 0.294. The predicted molar refractivity (Wildman–Crippen MR) is 68.1 cm³/mol. The van der Waals surface area contributed by atoms with Gasteiger partial charge < -0.3 is 5.32 Å². The van der Waals surface area contributed by atoms with Crippen molar-refractivity contribution in [1.82, 2.24) is 14.3 Å². The summed E-state index contributed by atoms with van der Waals surface area (Å²) in [6, 6.07) is 0.410. The Hall–Kier alpha value is 0.120. The highest BCUT2D eigenvalue weighted by Gasteiger charge is 2.27. The van der Waals surface area contributed by atoms with Crippen molar-refractivity contribution in [2.45, 2.75) is 38.8 Å². The number of nitrogens with zero attached hydrogens (tertiary/aromatic N) is 1. The molecule has 0 aromatic rings. The third kappa shape index (κ3) is 4.55. The Labute approximate surface area is 105 Å². The minimum Gasteiger partial charge on any atom is -0.317 e. The van der Waals surface area contributed by atoms with Gasteiger partial charge in [-0.25, -0.2) is 0 Å². The van der Waals surface area contributed by atoms with E-state index in [-0.39, 0.29) is 18.4 Å². The number of hydrogen-bond donors (Lipinski definition) is 2. The molecule has 0 amide bonds. The van der Waals surface area contributed by atoms with Crippen molar-refractivity contribution >= 4 is 22.6 Å². The SMILES string of the molecule is CNC1CCN(S(=O)(=O)NC(C)C)CC1.Cl. The Morgan fingerprint density at radius 3 is 2.12 bits per heavy atom. The van der Waals surface area contributed by atoms with Crippen LogP contribution < -0.4 is 10.0 Å². The number of halogens is 1. The van der Waals surface area contributed by atoms with E-state index in [4.69, 9.17) is 0 Å². The Morgan fingerprint density at radius 1 is 1.25 bits per heavy atom. The fourth-order valence-corrected chi connectivity index (χ4v) is 3.19. The Balaban J connectivity index is 0.00000225. The van der Waals surface area contributed by atoms with Crippen LogP contribution in [0, 0.1) is 0 Å². The summed E-state index contributed by atoms with van der Waals surface area (Å²) in [7, 11) is -1.34. The van der Waals surface area contributed by atoms with Crippen LogP contribution in [0.5, 0.6) is 0 Å². The van der Waals surface area contributed by atoms with E-state index in [0.29, 0.717) is 19.1 Å². The average molecular weight is 272 g/mol. The van der Waals surface area contributed by atoms with Crippen molar-refractivity contribution in [3.05, 3.63) is 0 Å². The molecule has 5 nitrogen and oxygen atoms in total. The molecule has 1 fully saturated rings. The molecule has 0 radical (unpaired) electrons. The van der Waals surface area contributed by atoms with Crippen LogP contribution in [0.1, 0.15) is 26.7 Å². The van der Waals surface area contributed by atoms with Gasteiger partial charge in [0.15, 0.2) is 0 Å². The zero-order valence-corrected chi connectivity index (χ0v) is 11.7. The van der Waals surface area contributed by atoms with Crippen LogP contribution in [0.2, 0.25) is 0 Å². The summed E-state index contributed by atoms with van der Waals surface area (Å²) >= 11 is 0. The van der Waals surface area contributed by atoms with Crippen LogP contribution >= 0.6 is 12.4 Å². The summed E-state index contributed by atoms with van der Waals surface area (Å²) in [5.41, 5.74) is 0. The molecule has 98 valence electrons. The van der Waals surface area contributed by atoms with Crippen molar-refractivity contribution in [2.24, 2.45) is 0 Å². The molecule has 0 unspecified atom stereocenters. The maximum atomic E-state index is 11.8. The molecule has 0 saturated carbocycles. The van der Waals surface area contributed by atoms with E-state index in [9.17, 15) is 8.42 Å². The second-order valence-electron chi connectivity index (χ2n) is 4.24. The molecule has 0 bridgehead atoms. The number of hydrogen-bond acceptors (Lipinski definition) is 3. The number of rotatable bonds is 4. The molecule has 0 spiro atoms. The zero-order chi connectivity index (χ0) is 11.5. The third-order valence-electron chi connectivity index (χ3n) is 2.59. The fourth-order valence-electron chi connectivity index (χ4n) is 1.76. The van der Waals surface area contributed by atoms with Gasteiger partial charge in [0, 0.05) is 25.2 Å². The monoisotopic (exact) mass is 271 g/mol. The highest BCUT2D eigenvalue weighted by molar-refractivity contribution is 7.87. The third-order valence-corrected chi connectivity index (χ3v) is 4.40. The number of nitrogens with one attached hydrogen (secondary N) is 2. The van der Waals surface area contributed by atoms with Crippen LogP contribution in [0.4, 0.5) is 0 Å². The minimum atomic E-state index is -3.26. The maximum absolute atomic E-state index is 11.8. The predicted octanol–water partition coefficient (Wildman–Crippen LogP) is 0.335. The smallest absolute Gasteiger partial charge is 0.279 e. The molecular weight excluding hydrogens is 250 g/mol. The van der Waals surface area contributed by atoms with Crippen LogP contribution in [0.3, 0.4) is 0 Å². The Kier molecular flexibility index (Phi) is 6.81. The normalized spacial score (nSPS) is 19.8. The summed E-state index contributed by atoms with van der Waals surface area (Å²) in [4.78, 5) is 0.